The van der Waals surface area contributed by atoms with E-state index in [9.17, 15) is 9.18 Å². The van der Waals surface area contributed by atoms with E-state index >= 15 is 0 Å². The molecule has 0 spiro atoms. The lowest BCUT2D eigenvalue weighted by atomic mass is 10.0. The minimum absolute atomic E-state index is 0.0868. The van der Waals surface area contributed by atoms with Crippen LogP contribution in [0.25, 0.3) is 0 Å². The normalized spacial score (nSPS) is 10.4. The Balaban J connectivity index is 2.42. The molecule has 0 fully saturated rings. The third-order valence-corrected chi connectivity index (χ3v) is 3.98. The van der Waals surface area contributed by atoms with Crippen molar-refractivity contribution in [1.82, 2.24) is 0 Å². The molecule has 0 aliphatic carbocycles. The van der Waals surface area contributed by atoms with E-state index in [4.69, 9.17) is 0 Å². The van der Waals surface area contributed by atoms with E-state index < -0.39 is 0 Å². The van der Waals surface area contributed by atoms with Crippen molar-refractivity contribution < 1.29 is 9.18 Å². The largest absolute Gasteiger partial charge is 0.289 e. The summed E-state index contributed by atoms with van der Waals surface area (Å²) < 4.78 is 13.8. The van der Waals surface area contributed by atoms with Gasteiger partial charge in [-0.25, -0.2) is 4.39 Å². The lowest BCUT2D eigenvalue weighted by Gasteiger charge is -2.02. The minimum atomic E-state index is -0.291. The summed E-state index contributed by atoms with van der Waals surface area (Å²) in [6, 6.07) is 4.40. The maximum absolute atomic E-state index is 13.1. The van der Waals surface area contributed by atoms with E-state index in [0.29, 0.717) is 16.7 Å². The van der Waals surface area contributed by atoms with Crippen LogP contribution in [0.5, 0.6) is 0 Å². The summed E-state index contributed by atoms with van der Waals surface area (Å²) in [5.74, 6) is -0.378. The van der Waals surface area contributed by atoms with Crippen molar-refractivity contribution in [3.63, 3.8) is 0 Å². The summed E-state index contributed by atoms with van der Waals surface area (Å²) in [6.45, 7) is 1.65. The third kappa shape index (κ3) is 2.08. The number of hydrogen-bond acceptors (Lipinski definition) is 2. The molecule has 0 aliphatic heterocycles. The Labute approximate surface area is 105 Å². The Morgan fingerprint density at radius 3 is 2.69 bits per heavy atom. The second-order valence-corrected chi connectivity index (χ2v) is 5.02. The van der Waals surface area contributed by atoms with Crippen molar-refractivity contribution in [1.29, 1.82) is 0 Å². The number of halogens is 2. The summed E-state index contributed by atoms with van der Waals surface area (Å²) in [4.78, 5) is 12.0. The van der Waals surface area contributed by atoms with Gasteiger partial charge in [0, 0.05) is 26.4 Å². The van der Waals surface area contributed by atoms with Crippen LogP contribution >= 0.6 is 27.3 Å². The van der Waals surface area contributed by atoms with Crippen LogP contribution in [-0.2, 0) is 0 Å². The molecular weight excluding hydrogens is 291 g/mol. The van der Waals surface area contributed by atoms with Gasteiger partial charge in [0.1, 0.15) is 5.82 Å². The highest BCUT2D eigenvalue weighted by Crippen LogP contribution is 2.24. The second kappa shape index (κ2) is 4.47. The molecule has 0 saturated carbocycles. The van der Waals surface area contributed by atoms with Gasteiger partial charge in [-0.1, -0.05) is 0 Å². The highest BCUT2D eigenvalue weighted by atomic mass is 79.9. The van der Waals surface area contributed by atoms with Crippen LogP contribution in [0.4, 0.5) is 4.39 Å². The fourth-order valence-corrected chi connectivity index (χ4v) is 2.84. The fourth-order valence-electron chi connectivity index (χ4n) is 1.38. The van der Waals surface area contributed by atoms with Crippen molar-refractivity contribution in [2.75, 3.05) is 0 Å². The Morgan fingerprint density at radius 2 is 2.12 bits per heavy atom. The Morgan fingerprint density at radius 1 is 1.38 bits per heavy atom. The van der Waals surface area contributed by atoms with Gasteiger partial charge in [0.25, 0.3) is 0 Å². The van der Waals surface area contributed by atoms with Gasteiger partial charge in [-0.05, 0) is 46.6 Å². The van der Waals surface area contributed by atoms with Gasteiger partial charge in [0.05, 0.1) is 0 Å². The number of aryl methyl sites for hydroxylation is 1. The van der Waals surface area contributed by atoms with Gasteiger partial charge in [-0.3, -0.25) is 4.79 Å². The van der Waals surface area contributed by atoms with E-state index in [1.807, 2.05) is 5.38 Å². The molecule has 1 nitrogen and oxygen atoms in total. The van der Waals surface area contributed by atoms with Crippen LogP contribution in [0.15, 0.2) is 33.4 Å². The Bertz CT molecular complexity index is 548. The number of rotatable bonds is 2. The van der Waals surface area contributed by atoms with Crippen molar-refractivity contribution in [3.8, 4) is 0 Å². The zero-order chi connectivity index (χ0) is 11.7. The maximum Gasteiger partial charge on any atom is 0.195 e. The number of hydrogen-bond donors (Lipinski definition) is 0. The molecule has 0 atom stereocenters. The van der Waals surface area contributed by atoms with Crippen molar-refractivity contribution in [2.45, 2.75) is 6.92 Å². The number of carbonyl (C=O) groups is 1. The van der Waals surface area contributed by atoms with Gasteiger partial charge in [-0.2, -0.15) is 11.3 Å². The molecule has 0 N–H and O–H groups in total. The standard InChI is InChI=1S/C12H8BrFOS/c1-7-4-8(2-3-11(7)14)12(15)9-5-16-6-10(9)13/h2-6H,1H3. The summed E-state index contributed by atoms with van der Waals surface area (Å²) in [5.41, 5.74) is 1.62. The number of ketones is 1. The molecular formula is C12H8BrFOS. The van der Waals surface area contributed by atoms with E-state index in [-0.39, 0.29) is 11.6 Å². The lowest BCUT2D eigenvalue weighted by Crippen LogP contribution is -2.01. The molecule has 1 aromatic heterocycles. The molecule has 0 saturated heterocycles. The zero-order valence-corrected chi connectivity index (χ0v) is 10.9. The highest BCUT2D eigenvalue weighted by molar-refractivity contribution is 9.10. The van der Waals surface area contributed by atoms with Crippen LogP contribution in [0.1, 0.15) is 21.5 Å². The first-order valence-electron chi connectivity index (χ1n) is 4.62. The summed E-state index contributed by atoms with van der Waals surface area (Å²) in [6.07, 6.45) is 0. The number of benzene rings is 1. The van der Waals surface area contributed by atoms with E-state index in [1.54, 1.807) is 18.4 Å². The lowest BCUT2D eigenvalue weighted by molar-refractivity contribution is 0.103. The first-order valence-corrected chi connectivity index (χ1v) is 6.35. The van der Waals surface area contributed by atoms with Gasteiger partial charge < -0.3 is 0 Å². The topological polar surface area (TPSA) is 17.1 Å². The average molecular weight is 299 g/mol. The fraction of sp³-hybridized carbons (Fsp3) is 0.0833. The molecule has 0 radical (unpaired) electrons. The Hall–Kier alpha value is -1.00. The molecule has 16 heavy (non-hydrogen) atoms. The predicted molar refractivity (Wildman–Crippen MR) is 66.6 cm³/mol. The molecule has 2 aromatic rings. The van der Waals surface area contributed by atoms with Gasteiger partial charge >= 0.3 is 0 Å². The van der Waals surface area contributed by atoms with Gasteiger partial charge in [0.2, 0.25) is 0 Å². The molecule has 4 heteroatoms. The van der Waals surface area contributed by atoms with Crippen LogP contribution in [0.2, 0.25) is 0 Å². The molecule has 1 aromatic carbocycles. The first-order chi connectivity index (χ1) is 7.59. The number of thiophene rings is 1. The number of carbonyl (C=O) groups excluding carboxylic acids is 1. The molecule has 0 unspecified atom stereocenters. The smallest absolute Gasteiger partial charge is 0.195 e. The highest BCUT2D eigenvalue weighted by Gasteiger charge is 2.14. The van der Waals surface area contributed by atoms with Crippen molar-refractivity contribution in [3.05, 3.63) is 55.9 Å². The summed E-state index contributed by atoms with van der Waals surface area (Å²) in [5, 5.41) is 3.63. The van der Waals surface area contributed by atoms with Crippen LogP contribution in [0, 0.1) is 12.7 Å². The maximum atomic E-state index is 13.1. The summed E-state index contributed by atoms with van der Waals surface area (Å²) in [7, 11) is 0. The molecule has 0 amide bonds. The molecule has 2 rings (SSSR count). The summed E-state index contributed by atoms with van der Waals surface area (Å²) >= 11 is 4.77. The third-order valence-electron chi connectivity index (χ3n) is 2.28. The van der Waals surface area contributed by atoms with Gasteiger partial charge in [-0.15, -0.1) is 0 Å². The quantitative estimate of drug-likeness (QED) is 0.760. The molecule has 0 aliphatic rings. The van der Waals surface area contributed by atoms with E-state index in [2.05, 4.69) is 15.9 Å². The van der Waals surface area contributed by atoms with Crippen molar-refractivity contribution in [2.24, 2.45) is 0 Å². The van der Waals surface area contributed by atoms with Crippen LogP contribution in [-0.4, -0.2) is 5.78 Å². The average Bonchev–Trinajstić information content (AvgIpc) is 2.67. The van der Waals surface area contributed by atoms with E-state index in [1.165, 1.54) is 23.5 Å². The first kappa shape index (κ1) is 11.5. The molecule has 82 valence electrons. The Kier molecular flexibility index (Phi) is 3.21. The molecule has 0 bridgehead atoms. The second-order valence-electron chi connectivity index (χ2n) is 3.43. The van der Waals surface area contributed by atoms with Crippen LogP contribution in [0.3, 0.4) is 0 Å². The van der Waals surface area contributed by atoms with E-state index in [0.717, 1.165) is 4.47 Å². The molecule has 1 heterocycles. The SMILES string of the molecule is Cc1cc(C(=O)c2cscc2Br)ccc1F. The van der Waals surface area contributed by atoms with Gasteiger partial charge in [0.15, 0.2) is 5.78 Å². The zero-order valence-electron chi connectivity index (χ0n) is 8.46. The minimum Gasteiger partial charge on any atom is -0.289 e. The monoisotopic (exact) mass is 298 g/mol. The predicted octanol–water partition coefficient (Wildman–Crippen LogP) is 4.19. The van der Waals surface area contributed by atoms with Crippen LogP contribution < -0.4 is 0 Å². The van der Waals surface area contributed by atoms with Crippen molar-refractivity contribution >= 4 is 33.0 Å².